The summed E-state index contributed by atoms with van der Waals surface area (Å²) < 4.78 is 0. The molecule has 0 saturated carbocycles. The second-order valence-corrected chi connectivity index (χ2v) is 5.67. The smallest absolute Gasteiger partial charge is 0.257 e. The number of rotatable bonds is 5. The van der Waals surface area contributed by atoms with Crippen LogP contribution in [-0.2, 0) is 0 Å². The first-order valence-electron chi connectivity index (χ1n) is 6.93. The van der Waals surface area contributed by atoms with Gasteiger partial charge in [-0.05, 0) is 25.5 Å². The SMILES string of the molecule is CCCC[C@H]1CCCN1C(=O)c1cnc(SC)nc1. The highest BCUT2D eigenvalue weighted by atomic mass is 32.2. The van der Waals surface area contributed by atoms with Crippen molar-refractivity contribution in [1.29, 1.82) is 0 Å². The predicted molar refractivity (Wildman–Crippen MR) is 77.4 cm³/mol. The van der Waals surface area contributed by atoms with Crippen LogP contribution in [0.4, 0.5) is 0 Å². The summed E-state index contributed by atoms with van der Waals surface area (Å²) in [4.78, 5) is 22.8. The molecule has 5 heteroatoms. The Labute approximate surface area is 119 Å². The Morgan fingerprint density at radius 1 is 1.47 bits per heavy atom. The molecule has 104 valence electrons. The fraction of sp³-hybridized carbons (Fsp3) is 0.643. The Morgan fingerprint density at radius 3 is 2.84 bits per heavy atom. The molecule has 0 radical (unpaired) electrons. The lowest BCUT2D eigenvalue weighted by molar-refractivity contribution is 0.0728. The highest BCUT2D eigenvalue weighted by Gasteiger charge is 2.29. The van der Waals surface area contributed by atoms with Crippen LogP contribution in [0.15, 0.2) is 17.6 Å². The summed E-state index contributed by atoms with van der Waals surface area (Å²) in [5.41, 5.74) is 0.612. The molecule has 1 atom stereocenters. The predicted octanol–water partition coefficient (Wildman–Crippen LogP) is 2.99. The molecule has 0 N–H and O–H groups in total. The first kappa shape index (κ1) is 14.3. The molecule has 1 aromatic rings. The van der Waals surface area contributed by atoms with Gasteiger partial charge in [0, 0.05) is 25.0 Å². The van der Waals surface area contributed by atoms with Crippen LogP contribution in [-0.4, -0.2) is 39.6 Å². The van der Waals surface area contributed by atoms with Gasteiger partial charge in [-0.15, -0.1) is 0 Å². The van der Waals surface area contributed by atoms with Gasteiger partial charge in [-0.1, -0.05) is 31.5 Å². The van der Waals surface area contributed by atoms with Crippen molar-refractivity contribution in [2.24, 2.45) is 0 Å². The Kier molecular flexibility index (Phi) is 5.19. The van der Waals surface area contributed by atoms with Crippen molar-refractivity contribution in [3.05, 3.63) is 18.0 Å². The molecule has 4 nitrogen and oxygen atoms in total. The van der Waals surface area contributed by atoms with Gasteiger partial charge in [0.1, 0.15) is 0 Å². The molecule has 1 saturated heterocycles. The largest absolute Gasteiger partial charge is 0.336 e. The van der Waals surface area contributed by atoms with Gasteiger partial charge in [-0.2, -0.15) is 0 Å². The van der Waals surface area contributed by atoms with Gasteiger partial charge in [0.05, 0.1) is 5.56 Å². The van der Waals surface area contributed by atoms with Gasteiger partial charge in [0.2, 0.25) is 0 Å². The third-order valence-corrected chi connectivity index (χ3v) is 4.16. The zero-order valence-electron chi connectivity index (χ0n) is 11.6. The summed E-state index contributed by atoms with van der Waals surface area (Å²) in [6, 6.07) is 0.410. The fourth-order valence-electron chi connectivity index (χ4n) is 2.54. The zero-order chi connectivity index (χ0) is 13.7. The van der Waals surface area contributed by atoms with E-state index in [2.05, 4.69) is 16.9 Å². The molecular formula is C14H21N3OS. The molecule has 19 heavy (non-hydrogen) atoms. The summed E-state index contributed by atoms with van der Waals surface area (Å²) in [6.45, 7) is 3.06. The Balaban J connectivity index is 2.04. The maximum absolute atomic E-state index is 12.5. The second-order valence-electron chi connectivity index (χ2n) is 4.90. The molecule has 1 fully saturated rings. The molecule has 0 aromatic carbocycles. The fourth-order valence-corrected chi connectivity index (χ4v) is 2.86. The third-order valence-electron chi connectivity index (χ3n) is 3.59. The average molecular weight is 279 g/mol. The number of unbranched alkanes of at least 4 members (excludes halogenated alkanes) is 1. The number of nitrogens with zero attached hydrogens (tertiary/aromatic N) is 3. The molecular weight excluding hydrogens is 258 g/mol. The minimum Gasteiger partial charge on any atom is -0.336 e. The van der Waals surface area contributed by atoms with E-state index in [0.29, 0.717) is 16.8 Å². The summed E-state index contributed by atoms with van der Waals surface area (Å²) in [5, 5.41) is 0.709. The number of aromatic nitrogens is 2. The number of thioether (sulfide) groups is 1. The number of hydrogen-bond acceptors (Lipinski definition) is 4. The van der Waals surface area contributed by atoms with E-state index in [1.165, 1.54) is 24.6 Å². The summed E-state index contributed by atoms with van der Waals surface area (Å²) in [6.07, 6.45) is 11.0. The first-order chi connectivity index (χ1) is 9.26. The van der Waals surface area contributed by atoms with Crippen molar-refractivity contribution in [2.75, 3.05) is 12.8 Å². The monoisotopic (exact) mass is 279 g/mol. The molecule has 0 spiro atoms. The molecule has 1 aliphatic heterocycles. The average Bonchev–Trinajstić information content (AvgIpc) is 2.92. The summed E-state index contributed by atoms with van der Waals surface area (Å²) in [5.74, 6) is 0.0891. The lowest BCUT2D eigenvalue weighted by atomic mass is 10.1. The second kappa shape index (κ2) is 6.89. The van der Waals surface area contributed by atoms with E-state index in [0.717, 1.165) is 25.8 Å². The van der Waals surface area contributed by atoms with Crippen LogP contribution in [0.1, 0.15) is 49.4 Å². The van der Waals surface area contributed by atoms with Gasteiger partial charge in [0.25, 0.3) is 5.91 Å². The van der Waals surface area contributed by atoms with E-state index in [9.17, 15) is 4.79 Å². The van der Waals surface area contributed by atoms with Crippen LogP contribution in [0.25, 0.3) is 0 Å². The normalized spacial score (nSPS) is 18.8. The van der Waals surface area contributed by atoms with E-state index in [-0.39, 0.29) is 5.91 Å². The van der Waals surface area contributed by atoms with Gasteiger partial charge in [-0.25, -0.2) is 9.97 Å². The van der Waals surface area contributed by atoms with E-state index < -0.39 is 0 Å². The Hall–Kier alpha value is -1.10. The standard InChI is InChI=1S/C14H21N3OS/c1-3-4-6-12-7-5-8-17(12)13(18)11-9-15-14(19-2)16-10-11/h9-10,12H,3-8H2,1-2H3/t12-/m0/s1. The number of carbonyl (C=O) groups excluding carboxylic acids is 1. The molecule has 1 aromatic heterocycles. The first-order valence-corrected chi connectivity index (χ1v) is 8.15. The summed E-state index contributed by atoms with van der Waals surface area (Å²) >= 11 is 1.49. The van der Waals surface area contributed by atoms with Crippen LogP contribution in [0.2, 0.25) is 0 Å². The van der Waals surface area contributed by atoms with E-state index in [1.807, 2.05) is 11.2 Å². The van der Waals surface area contributed by atoms with E-state index in [1.54, 1.807) is 12.4 Å². The van der Waals surface area contributed by atoms with Gasteiger partial charge in [0.15, 0.2) is 5.16 Å². The van der Waals surface area contributed by atoms with Gasteiger partial charge >= 0.3 is 0 Å². The number of hydrogen-bond donors (Lipinski definition) is 0. The molecule has 0 bridgehead atoms. The zero-order valence-corrected chi connectivity index (χ0v) is 12.4. The minimum atomic E-state index is 0.0891. The Morgan fingerprint density at radius 2 is 2.21 bits per heavy atom. The van der Waals surface area contributed by atoms with Crippen molar-refractivity contribution < 1.29 is 4.79 Å². The van der Waals surface area contributed by atoms with Crippen LogP contribution in [0.5, 0.6) is 0 Å². The topological polar surface area (TPSA) is 46.1 Å². The highest BCUT2D eigenvalue weighted by Crippen LogP contribution is 2.24. The third kappa shape index (κ3) is 3.47. The summed E-state index contributed by atoms with van der Waals surface area (Å²) in [7, 11) is 0. The van der Waals surface area contributed by atoms with Crippen molar-refractivity contribution in [3.8, 4) is 0 Å². The van der Waals surface area contributed by atoms with Crippen molar-refractivity contribution in [1.82, 2.24) is 14.9 Å². The number of likely N-dealkylation sites (tertiary alicyclic amines) is 1. The van der Waals surface area contributed by atoms with E-state index in [4.69, 9.17) is 0 Å². The highest BCUT2D eigenvalue weighted by molar-refractivity contribution is 7.98. The van der Waals surface area contributed by atoms with Crippen molar-refractivity contribution >= 4 is 17.7 Å². The molecule has 1 amide bonds. The molecule has 0 aliphatic carbocycles. The minimum absolute atomic E-state index is 0.0891. The Bertz CT molecular complexity index is 421. The number of carbonyl (C=O) groups is 1. The quantitative estimate of drug-likeness (QED) is 0.614. The van der Waals surface area contributed by atoms with Crippen LogP contribution < -0.4 is 0 Å². The lowest BCUT2D eigenvalue weighted by Crippen LogP contribution is -2.35. The maximum atomic E-state index is 12.5. The van der Waals surface area contributed by atoms with Crippen molar-refractivity contribution in [2.45, 2.75) is 50.2 Å². The van der Waals surface area contributed by atoms with Crippen LogP contribution in [0.3, 0.4) is 0 Å². The van der Waals surface area contributed by atoms with Crippen LogP contribution >= 0.6 is 11.8 Å². The van der Waals surface area contributed by atoms with Crippen molar-refractivity contribution in [3.63, 3.8) is 0 Å². The maximum Gasteiger partial charge on any atom is 0.257 e. The molecule has 2 rings (SSSR count). The lowest BCUT2D eigenvalue weighted by Gasteiger charge is -2.24. The number of amides is 1. The molecule has 2 heterocycles. The van der Waals surface area contributed by atoms with Gasteiger partial charge < -0.3 is 4.90 Å². The van der Waals surface area contributed by atoms with Crippen LogP contribution in [0, 0.1) is 0 Å². The molecule has 0 unspecified atom stereocenters. The van der Waals surface area contributed by atoms with E-state index >= 15 is 0 Å². The molecule has 1 aliphatic rings. The van der Waals surface area contributed by atoms with Gasteiger partial charge in [-0.3, -0.25) is 4.79 Å².